The van der Waals surface area contributed by atoms with E-state index in [4.69, 9.17) is 5.11 Å². The van der Waals surface area contributed by atoms with Crippen LogP contribution in [-0.2, 0) is 0 Å². The fourth-order valence-electron chi connectivity index (χ4n) is 0.301. The molecule has 0 fully saturated rings. The highest BCUT2D eigenvalue weighted by Crippen LogP contribution is 2.12. The van der Waals surface area contributed by atoms with Gasteiger partial charge in [-0.15, -0.1) is 0 Å². The first-order chi connectivity index (χ1) is 5.09. The van der Waals surface area contributed by atoms with E-state index in [2.05, 4.69) is 0 Å². The summed E-state index contributed by atoms with van der Waals surface area (Å²) in [6.07, 6.45) is 0.985. The summed E-state index contributed by atoms with van der Waals surface area (Å²) in [5, 5.41) is 8.46. The fourth-order valence-corrected chi connectivity index (χ4v) is 0.301. The lowest BCUT2D eigenvalue weighted by molar-refractivity contribution is 0.362. The van der Waals surface area contributed by atoms with E-state index in [1.807, 2.05) is 13.8 Å². The molecule has 0 bridgehead atoms. The highest BCUT2D eigenvalue weighted by molar-refractivity contribution is 5.19. The number of halogens is 2. The molecule has 0 unspecified atom stereocenters. The molecule has 0 spiro atoms. The van der Waals surface area contributed by atoms with Crippen molar-refractivity contribution in [3.8, 4) is 0 Å². The van der Waals surface area contributed by atoms with Crippen LogP contribution in [0.2, 0.25) is 0 Å². The molecule has 0 aliphatic rings. The van der Waals surface area contributed by atoms with Crippen LogP contribution in [0.5, 0.6) is 0 Å². The predicted molar refractivity (Wildman–Crippen MR) is 42.6 cm³/mol. The maximum absolute atomic E-state index is 12.1. The molecule has 0 aromatic heterocycles. The Labute approximate surface area is 66.0 Å². The second kappa shape index (κ2) is 7.25. The van der Waals surface area contributed by atoms with Gasteiger partial charge in [-0.3, -0.25) is 0 Å². The third kappa shape index (κ3) is 5.58. The number of rotatable bonds is 1. The van der Waals surface area contributed by atoms with Gasteiger partial charge in [0.1, 0.15) is 5.83 Å². The van der Waals surface area contributed by atoms with Crippen LogP contribution in [-0.4, -0.2) is 5.11 Å². The Balaban J connectivity index is 0. The molecule has 0 aromatic carbocycles. The summed E-state index contributed by atoms with van der Waals surface area (Å²) < 4.78 is 24.0. The van der Waals surface area contributed by atoms with Crippen molar-refractivity contribution in [3.05, 3.63) is 23.5 Å². The van der Waals surface area contributed by atoms with Crippen LogP contribution < -0.4 is 0 Å². The van der Waals surface area contributed by atoms with Crippen molar-refractivity contribution < 1.29 is 13.9 Å². The third-order valence-electron chi connectivity index (χ3n) is 0.806. The van der Waals surface area contributed by atoms with Crippen molar-refractivity contribution >= 4 is 0 Å². The van der Waals surface area contributed by atoms with Gasteiger partial charge < -0.3 is 5.11 Å². The molecule has 0 aromatic rings. The minimum atomic E-state index is -0.935. The average molecular weight is 164 g/mol. The second-order valence-corrected chi connectivity index (χ2v) is 1.52. The lowest BCUT2D eigenvalue weighted by Crippen LogP contribution is -1.82. The Bertz CT molecular complexity index is 155. The van der Waals surface area contributed by atoms with Crippen LogP contribution in [0.25, 0.3) is 0 Å². The van der Waals surface area contributed by atoms with Gasteiger partial charge in [0.2, 0.25) is 0 Å². The van der Waals surface area contributed by atoms with Crippen molar-refractivity contribution in [2.75, 3.05) is 0 Å². The number of allylic oxidation sites excluding steroid dienone is 3. The summed E-state index contributed by atoms with van der Waals surface area (Å²) in [6.45, 7) is 6.35. The Morgan fingerprint density at radius 3 is 1.73 bits per heavy atom. The summed E-state index contributed by atoms with van der Waals surface area (Å²) in [7, 11) is 0. The second-order valence-electron chi connectivity index (χ2n) is 1.52. The Kier molecular flexibility index (Phi) is 8.43. The van der Waals surface area contributed by atoms with Crippen LogP contribution in [0.4, 0.5) is 8.78 Å². The Morgan fingerprint density at radius 1 is 1.27 bits per heavy atom. The van der Waals surface area contributed by atoms with Crippen LogP contribution in [0.1, 0.15) is 27.7 Å². The molecule has 0 atom stereocenters. The Morgan fingerprint density at radius 2 is 1.64 bits per heavy atom. The molecule has 3 heteroatoms. The van der Waals surface area contributed by atoms with E-state index in [9.17, 15) is 8.78 Å². The molecule has 0 rings (SSSR count). The number of hydrogen-bond donors (Lipinski definition) is 1. The van der Waals surface area contributed by atoms with Crippen molar-refractivity contribution in [2.24, 2.45) is 0 Å². The van der Waals surface area contributed by atoms with Crippen molar-refractivity contribution in [2.45, 2.75) is 27.7 Å². The fraction of sp³-hybridized carbons (Fsp3) is 0.500. The molecule has 0 radical (unpaired) electrons. The van der Waals surface area contributed by atoms with Gasteiger partial charge in [0.15, 0.2) is 11.6 Å². The summed E-state index contributed by atoms with van der Waals surface area (Å²) in [5.74, 6) is -2.77. The molecule has 0 aliphatic carbocycles. The van der Waals surface area contributed by atoms with Gasteiger partial charge in [-0.1, -0.05) is 13.8 Å². The molecule has 1 nitrogen and oxygen atoms in total. The van der Waals surface area contributed by atoms with Crippen LogP contribution >= 0.6 is 0 Å². The summed E-state index contributed by atoms with van der Waals surface area (Å²) >= 11 is 0. The normalized spacial score (nSPS) is 13.1. The zero-order valence-corrected chi connectivity index (χ0v) is 7.28. The molecule has 0 saturated heterocycles. The largest absolute Gasteiger partial charge is 0.503 e. The molecule has 11 heavy (non-hydrogen) atoms. The molecular formula is C8H14F2O. The first-order valence-electron chi connectivity index (χ1n) is 3.47. The number of aliphatic hydroxyl groups is 1. The van der Waals surface area contributed by atoms with E-state index < -0.39 is 17.4 Å². The van der Waals surface area contributed by atoms with Crippen LogP contribution in [0.15, 0.2) is 23.5 Å². The van der Waals surface area contributed by atoms with E-state index in [1.165, 1.54) is 6.92 Å². The maximum Gasteiger partial charge on any atom is 0.182 e. The van der Waals surface area contributed by atoms with Gasteiger partial charge in [-0.2, -0.15) is 0 Å². The molecular weight excluding hydrogens is 150 g/mol. The van der Waals surface area contributed by atoms with Gasteiger partial charge in [0.05, 0.1) is 0 Å². The van der Waals surface area contributed by atoms with E-state index in [1.54, 1.807) is 0 Å². The van der Waals surface area contributed by atoms with Gasteiger partial charge in [-0.05, 0) is 19.9 Å². The smallest absolute Gasteiger partial charge is 0.182 e. The van der Waals surface area contributed by atoms with Crippen molar-refractivity contribution in [1.82, 2.24) is 0 Å². The molecule has 0 aliphatic heterocycles. The van der Waals surface area contributed by atoms with E-state index >= 15 is 0 Å². The highest BCUT2D eigenvalue weighted by atomic mass is 19.1. The molecule has 1 N–H and O–H groups in total. The minimum absolute atomic E-state index is 0.911. The van der Waals surface area contributed by atoms with Crippen molar-refractivity contribution in [3.63, 3.8) is 0 Å². The first-order valence-corrected chi connectivity index (χ1v) is 3.47. The van der Waals surface area contributed by atoms with Gasteiger partial charge in [0.25, 0.3) is 0 Å². The van der Waals surface area contributed by atoms with Crippen molar-refractivity contribution in [1.29, 1.82) is 0 Å². The standard InChI is InChI=1S/C6H8F2O.C2H6/c1-3-5(8)6(9)4(2)7;1-2/h3,9H,1-2H3;1-2H3/b5-3+,6-4-;. The summed E-state index contributed by atoms with van der Waals surface area (Å²) in [6, 6.07) is 0. The maximum atomic E-state index is 12.1. The molecule has 0 heterocycles. The van der Waals surface area contributed by atoms with E-state index in [0.717, 1.165) is 13.0 Å². The van der Waals surface area contributed by atoms with Crippen LogP contribution in [0, 0.1) is 0 Å². The lowest BCUT2D eigenvalue weighted by atomic mass is 10.4. The zero-order chi connectivity index (χ0) is 9.44. The Hall–Kier alpha value is -0.860. The molecule has 0 amide bonds. The van der Waals surface area contributed by atoms with E-state index in [0.29, 0.717) is 0 Å². The lowest BCUT2D eigenvalue weighted by Gasteiger charge is -1.92. The quantitative estimate of drug-likeness (QED) is 0.463. The number of aliphatic hydroxyl groups excluding tert-OH is 1. The summed E-state index contributed by atoms with van der Waals surface area (Å²) in [5.41, 5.74) is 0. The first kappa shape index (κ1) is 12.8. The topological polar surface area (TPSA) is 20.2 Å². The van der Waals surface area contributed by atoms with Gasteiger partial charge in [-0.25, -0.2) is 8.78 Å². The predicted octanol–water partition coefficient (Wildman–Crippen LogP) is 3.64. The highest BCUT2D eigenvalue weighted by Gasteiger charge is 2.03. The minimum Gasteiger partial charge on any atom is -0.503 e. The molecule has 66 valence electrons. The van der Waals surface area contributed by atoms with Gasteiger partial charge in [0, 0.05) is 0 Å². The van der Waals surface area contributed by atoms with E-state index in [-0.39, 0.29) is 0 Å². The average Bonchev–Trinajstić information content (AvgIpc) is 2.05. The summed E-state index contributed by atoms with van der Waals surface area (Å²) in [4.78, 5) is 0. The monoisotopic (exact) mass is 164 g/mol. The number of hydrogen-bond acceptors (Lipinski definition) is 1. The molecule has 0 saturated carbocycles. The van der Waals surface area contributed by atoms with Crippen LogP contribution in [0.3, 0.4) is 0 Å². The van der Waals surface area contributed by atoms with Gasteiger partial charge >= 0.3 is 0 Å². The zero-order valence-electron chi connectivity index (χ0n) is 7.28. The SMILES string of the molecule is C/C=C(F)\C(O)=C(/C)F.CC. The third-order valence-corrected chi connectivity index (χ3v) is 0.806.